The van der Waals surface area contributed by atoms with Gasteiger partial charge in [0.05, 0.1) is 5.56 Å². The molecule has 0 aliphatic heterocycles. The predicted octanol–water partition coefficient (Wildman–Crippen LogP) is 7.88. The number of alkyl halides is 6. The summed E-state index contributed by atoms with van der Waals surface area (Å²) in [6, 6.07) is 4.13. The molecule has 0 aliphatic rings. The molecular formula is C12H46F6N2O3. The molecule has 2 N–H and O–H groups in total. The van der Waals surface area contributed by atoms with Crippen molar-refractivity contribution in [1.29, 1.82) is 0 Å². The SMILES string of the molecule is FC(F)(F)c1cccnc1.OO.[3HH].[3H][3H].[3H][3H].[3H][3H].[3H][3H].[3H][3H].[3H][3H].[3H][3H].[3H][3H].[3H][3H].[3H][3H].[3H][3H].[3H][3H].[3H][3H].[3H][3H].[3H][3H].[3H][3H].[3H][3H].[O-][n+]1cccc(C(F)(F)F)c1. The van der Waals surface area contributed by atoms with Crippen molar-refractivity contribution in [3.05, 3.63) is 65.4 Å². The molecule has 2 heterocycles. The molecule has 11 heteroatoms. The van der Waals surface area contributed by atoms with Crippen LogP contribution < -0.4 is 4.73 Å². The molecular weight excluding hydrogens is 334 g/mol. The normalized spacial score (nSPS) is 16.7. The van der Waals surface area contributed by atoms with Crippen LogP contribution in [0.1, 0.15) is 63.0 Å². The number of hydrogen-bond donors (Lipinski definition) is 2. The van der Waals surface area contributed by atoms with Gasteiger partial charge in [-0.3, -0.25) is 15.5 Å². The van der Waals surface area contributed by atoms with E-state index in [1.807, 2.05) is 0 Å². The molecule has 2 aromatic rings. The molecule has 0 spiro atoms. The van der Waals surface area contributed by atoms with E-state index in [1.54, 1.807) is 0 Å². The Hall–Kier alpha value is -2.40. The number of aromatic nitrogens is 2. The second-order valence-electron chi connectivity index (χ2n) is 3.69. The smallest absolute Gasteiger partial charge is 0.422 e. The van der Waals surface area contributed by atoms with E-state index in [2.05, 4.69) is 4.98 Å². The predicted molar refractivity (Wildman–Crippen MR) is 103 cm³/mol. The first-order valence-electron chi connectivity index (χ1n) is 22.5. The maximum absolute atomic E-state index is 11.8. The lowest BCUT2D eigenvalue weighted by atomic mass is 10.3. The van der Waals surface area contributed by atoms with Crippen LogP contribution in [0, 0.1) is 5.21 Å². The van der Waals surface area contributed by atoms with E-state index >= 15 is 0 Å². The van der Waals surface area contributed by atoms with Crippen molar-refractivity contribution in [2.45, 2.75) is 12.4 Å². The third-order valence-electron chi connectivity index (χ3n) is 2.09. The molecule has 2 rings (SSSR count). The first-order valence-corrected chi connectivity index (χ1v) is 5.54. The maximum atomic E-state index is 11.8. The Balaban J connectivity index is -0.0000000175. The Kier molecular flexibility index (Phi) is 2.29. The Morgan fingerprint density at radius 1 is 1.00 bits per heavy atom. The van der Waals surface area contributed by atoms with Crippen molar-refractivity contribution < 1.29 is 93.5 Å². The highest BCUT2D eigenvalue weighted by molar-refractivity contribution is 5.11. The van der Waals surface area contributed by atoms with Gasteiger partial charge in [0, 0.05) is 70.4 Å². The van der Waals surface area contributed by atoms with Crippen molar-refractivity contribution in [3.63, 3.8) is 0 Å². The molecule has 0 fully saturated rings. The monoisotopic (exact) mass is 451 g/mol. The van der Waals surface area contributed by atoms with Crippen molar-refractivity contribution in [1.82, 2.24) is 4.98 Å². The largest absolute Gasteiger partial charge is 0.619 e. The number of rotatable bonds is 0. The third-order valence-corrected chi connectivity index (χ3v) is 2.09. The van der Waals surface area contributed by atoms with Gasteiger partial charge in [0.25, 0.3) is 0 Å². The third kappa shape index (κ3) is 7.97. The lowest BCUT2D eigenvalue weighted by Gasteiger charge is -2.04. The molecule has 0 atom stereocenters. The zero-order chi connectivity index (χ0) is 52.1. The number of nitrogens with zero attached hydrogens (tertiary/aromatic N) is 2. The summed E-state index contributed by atoms with van der Waals surface area (Å²) < 4.78 is 241. The molecule has 0 aromatic carbocycles. The zero-order valence-electron chi connectivity index (χ0n) is 45.1. The molecule has 0 saturated carbocycles. The van der Waals surface area contributed by atoms with Crippen LogP contribution >= 0.6 is 0 Å². The highest BCUT2D eigenvalue weighted by Gasteiger charge is 2.32. The minimum absolute atomic E-state index is 0. The van der Waals surface area contributed by atoms with Gasteiger partial charge in [-0.05, 0) is 18.2 Å². The van der Waals surface area contributed by atoms with Gasteiger partial charge in [0.1, 0.15) is 5.56 Å². The van der Waals surface area contributed by atoms with E-state index in [-0.39, 0.29) is 6.16 Å². The summed E-state index contributed by atoms with van der Waals surface area (Å²) in [4.78, 5) is 3.33. The summed E-state index contributed by atoms with van der Waals surface area (Å²) >= 11 is 0. The Labute approximate surface area is 179 Å². The number of halogens is 6. The van der Waals surface area contributed by atoms with Crippen LogP contribution in [0.25, 0.3) is 0 Å². The second-order valence-corrected chi connectivity index (χ2v) is 3.69. The van der Waals surface area contributed by atoms with E-state index < -0.39 is 23.5 Å². The molecule has 23 heavy (non-hydrogen) atoms. The van der Waals surface area contributed by atoms with E-state index in [0.717, 1.165) is 30.6 Å². The van der Waals surface area contributed by atoms with E-state index in [0.29, 0.717) is 6.20 Å². The maximum Gasteiger partial charge on any atom is 0.422 e. The van der Waals surface area contributed by atoms with Crippen molar-refractivity contribution in [2.24, 2.45) is 0 Å². The summed E-state index contributed by atoms with van der Waals surface area (Å²) in [7, 11) is 0. The molecule has 5 nitrogen and oxygen atoms in total. The van der Waals surface area contributed by atoms with Gasteiger partial charge in [-0.25, -0.2) is 0 Å². The summed E-state index contributed by atoms with van der Waals surface area (Å²) in [5.74, 6) is 0. The van der Waals surface area contributed by atoms with Gasteiger partial charge < -0.3 is 5.21 Å². The molecule has 0 amide bonds. The Bertz CT molecular complexity index is 631. The molecule has 0 bridgehead atoms. The first kappa shape index (κ1) is 5.91. The average Bonchev–Trinajstić information content (AvgIpc) is 3.35. The Morgan fingerprint density at radius 2 is 1.52 bits per heavy atom. The minimum Gasteiger partial charge on any atom is -0.619 e. The van der Waals surface area contributed by atoms with Gasteiger partial charge in [-0.1, -0.05) is 0 Å². The van der Waals surface area contributed by atoms with Crippen LogP contribution in [0.3, 0.4) is 0 Å². The highest BCUT2D eigenvalue weighted by Crippen LogP contribution is 2.28. The molecule has 164 valence electrons. The lowest BCUT2D eigenvalue weighted by molar-refractivity contribution is -0.606. The molecule has 0 radical (unpaired) electrons. The summed E-state index contributed by atoms with van der Waals surface area (Å²) in [5, 5.41) is 22.4. The minimum atomic E-state index is -4.44. The fourth-order valence-corrected chi connectivity index (χ4v) is 1.15. The van der Waals surface area contributed by atoms with Gasteiger partial charge in [-0.2, -0.15) is 31.1 Å². The van der Waals surface area contributed by atoms with E-state index in [4.69, 9.17) is 61.0 Å². The average molecular weight is 451 g/mol. The van der Waals surface area contributed by atoms with E-state index in [9.17, 15) is 31.5 Å². The topological polar surface area (TPSA) is 80.3 Å². The summed E-state index contributed by atoms with van der Waals surface area (Å²) in [6.45, 7) is 0. The van der Waals surface area contributed by atoms with Crippen molar-refractivity contribution in [3.8, 4) is 0 Å². The van der Waals surface area contributed by atoms with E-state index in [1.165, 1.54) is 12.3 Å². The Morgan fingerprint density at radius 3 is 1.83 bits per heavy atom. The van der Waals surface area contributed by atoms with Crippen LogP contribution in [0.15, 0.2) is 49.1 Å². The lowest BCUT2D eigenvalue weighted by Crippen LogP contribution is -2.26. The molecule has 0 unspecified atom stereocenters. The summed E-state index contributed by atoms with van der Waals surface area (Å²) in [6.07, 6.45) is -5.13. The highest BCUT2D eigenvalue weighted by atomic mass is 19.4. The van der Waals surface area contributed by atoms with Gasteiger partial charge in [0.2, 0.25) is 0 Å². The molecule has 0 saturated heterocycles. The van der Waals surface area contributed by atoms with Gasteiger partial charge >= 0.3 is 12.4 Å². The second kappa shape index (κ2) is 8.90. The van der Waals surface area contributed by atoms with Gasteiger partial charge in [-0.15, -0.1) is 0 Å². The molecule has 2 aromatic heterocycles. The van der Waals surface area contributed by atoms with Crippen LogP contribution in [0.2, 0.25) is 0 Å². The number of hydrogen-bond acceptors (Lipinski definition) is 4. The standard InChI is InChI=1S/C6H4F3NO.C6H4F3N.H2O2.18H2/c7-6(8,9)5-2-1-3-10(11)4-5;7-6(8,9)5-2-1-3-10-4-5;1-2;;;;;;;;;;;;;;;;;;/h1-4H;1-4H;1-2H;18*1H/i;;;17*1+2T;1+2. The summed E-state index contributed by atoms with van der Waals surface area (Å²) in [5.41, 5.74) is -1.65. The van der Waals surface area contributed by atoms with Crippen molar-refractivity contribution in [2.75, 3.05) is 0 Å². The van der Waals surface area contributed by atoms with Crippen LogP contribution in [-0.2, 0) is 12.4 Å². The fourth-order valence-electron chi connectivity index (χ4n) is 1.15. The quantitative estimate of drug-likeness (QED) is 0.141. The first-order chi connectivity index (χ1) is 27.6. The van der Waals surface area contributed by atoms with Crippen LogP contribution in [0.4, 0.5) is 26.3 Å². The molecule has 0 aliphatic carbocycles. The fraction of sp³-hybridized carbons (Fsp3) is 0.167. The van der Waals surface area contributed by atoms with Crippen LogP contribution in [-0.4, -0.2) is 15.5 Å². The van der Waals surface area contributed by atoms with Crippen molar-refractivity contribution >= 4 is 0 Å². The van der Waals surface area contributed by atoms with Crippen LogP contribution in [0.5, 0.6) is 0 Å². The zero-order valence-corrected chi connectivity index (χ0v) is 11.1. The van der Waals surface area contributed by atoms with Gasteiger partial charge in [0.15, 0.2) is 12.4 Å². The number of pyridine rings is 2.